The maximum Gasteiger partial charge on any atom is 0.0715 e. The van der Waals surface area contributed by atoms with Crippen molar-refractivity contribution in [2.24, 2.45) is 0 Å². The monoisotopic (exact) mass is 815 g/mol. The average molecular weight is 816 g/mol. The normalized spacial score (nSPS) is 11.7. The molecule has 0 bridgehead atoms. The predicted octanol–water partition coefficient (Wildman–Crippen LogP) is 16.5. The number of benzene rings is 9. The molecule has 3 nitrogen and oxygen atoms in total. The molecule has 1 aliphatic heterocycles. The molecular formula is C61H41N3. The minimum absolute atomic E-state index is 0.944. The second-order valence-corrected chi connectivity index (χ2v) is 16.4. The van der Waals surface area contributed by atoms with Crippen molar-refractivity contribution < 1.29 is 0 Å². The number of nitrogens with zero attached hydrogens (tertiary/aromatic N) is 3. The third kappa shape index (κ3) is 6.50. The smallest absolute Gasteiger partial charge is 0.0715 e. The Balaban J connectivity index is 1.09. The summed E-state index contributed by atoms with van der Waals surface area (Å²) in [6, 6.07) is 89.7. The van der Waals surface area contributed by atoms with Gasteiger partial charge < -0.3 is 9.47 Å². The number of para-hydroxylation sites is 3. The van der Waals surface area contributed by atoms with Crippen molar-refractivity contribution in [3.8, 4) is 84.0 Å². The zero-order chi connectivity index (χ0) is 42.4. The van der Waals surface area contributed by atoms with E-state index in [0.29, 0.717) is 0 Å². The first-order valence-electron chi connectivity index (χ1n) is 21.9. The first-order valence-corrected chi connectivity index (χ1v) is 21.9. The van der Waals surface area contributed by atoms with Crippen LogP contribution in [-0.2, 0) is 0 Å². The summed E-state index contributed by atoms with van der Waals surface area (Å²) >= 11 is 0. The molecule has 0 atom stereocenters. The third-order valence-corrected chi connectivity index (χ3v) is 12.5. The van der Waals surface area contributed by atoms with E-state index in [2.05, 4.69) is 258 Å². The Morgan fingerprint density at radius 2 is 0.750 bits per heavy atom. The summed E-state index contributed by atoms with van der Waals surface area (Å²) in [5.74, 6) is 0. The van der Waals surface area contributed by atoms with Gasteiger partial charge in [0.25, 0.3) is 0 Å². The number of rotatable bonds is 7. The fraction of sp³-hybridized carbons (Fsp3) is 0. The number of hydrogen-bond donors (Lipinski definition) is 0. The Kier molecular flexibility index (Phi) is 9.16. The van der Waals surface area contributed by atoms with E-state index in [0.717, 1.165) is 73.2 Å². The van der Waals surface area contributed by atoms with Crippen molar-refractivity contribution in [3.05, 3.63) is 249 Å². The molecule has 64 heavy (non-hydrogen) atoms. The van der Waals surface area contributed by atoms with Crippen LogP contribution in [0.2, 0.25) is 0 Å². The average Bonchev–Trinajstić information content (AvgIpc) is 3.66. The predicted molar refractivity (Wildman–Crippen MR) is 267 cm³/mol. The molecule has 1 aliphatic rings. The SMILES string of the molecule is c1ccc(-c2cc(-c3ccccc3)cc(N3c4ccccc4-c4c(n(-c5cccc(-c6cc(-c7ccccc7)nc(-c7ccccc7)c6)c5)c5ccccc45)-c4ccccc43)c2)cc1. The summed E-state index contributed by atoms with van der Waals surface area (Å²) in [4.78, 5) is 7.67. The van der Waals surface area contributed by atoms with Crippen LogP contribution in [0.5, 0.6) is 0 Å². The molecule has 0 saturated heterocycles. The van der Waals surface area contributed by atoms with Gasteiger partial charge in [-0.15, -0.1) is 0 Å². The molecule has 0 N–H and O–H groups in total. The Morgan fingerprint density at radius 1 is 0.297 bits per heavy atom. The van der Waals surface area contributed by atoms with E-state index in [1.165, 1.54) is 38.8 Å². The van der Waals surface area contributed by atoms with Gasteiger partial charge in [-0.3, -0.25) is 0 Å². The van der Waals surface area contributed by atoms with Crippen molar-refractivity contribution in [1.29, 1.82) is 0 Å². The lowest BCUT2D eigenvalue weighted by atomic mass is 9.97. The summed E-state index contributed by atoms with van der Waals surface area (Å²) in [6.45, 7) is 0. The number of anilines is 3. The molecule has 0 amide bonds. The van der Waals surface area contributed by atoms with Crippen LogP contribution in [0.1, 0.15) is 0 Å². The van der Waals surface area contributed by atoms with Gasteiger partial charge in [0, 0.05) is 44.6 Å². The molecule has 9 aromatic carbocycles. The Morgan fingerprint density at radius 3 is 1.36 bits per heavy atom. The Bertz CT molecular complexity index is 3370. The zero-order valence-corrected chi connectivity index (χ0v) is 35.0. The molecule has 3 heterocycles. The van der Waals surface area contributed by atoms with E-state index >= 15 is 0 Å². The zero-order valence-electron chi connectivity index (χ0n) is 35.0. The molecule has 3 heteroatoms. The van der Waals surface area contributed by atoms with Crippen molar-refractivity contribution in [1.82, 2.24) is 9.55 Å². The highest BCUT2D eigenvalue weighted by Gasteiger charge is 2.31. The highest BCUT2D eigenvalue weighted by Crippen LogP contribution is 2.55. The molecule has 0 unspecified atom stereocenters. The molecule has 11 aromatic rings. The van der Waals surface area contributed by atoms with E-state index < -0.39 is 0 Å². The maximum absolute atomic E-state index is 5.19. The largest absolute Gasteiger partial charge is 0.309 e. The van der Waals surface area contributed by atoms with E-state index in [4.69, 9.17) is 4.98 Å². The van der Waals surface area contributed by atoms with Gasteiger partial charge in [0.2, 0.25) is 0 Å². The number of pyridine rings is 1. The van der Waals surface area contributed by atoms with Crippen LogP contribution in [0, 0.1) is 0 Å². The molecule has 0 spiro atoms. The lowest BCUT2D eigenvalue weighted by molar-refractivity contribution is 1.13. The van der Waals surface area contributed by atoms with Gasteiger partial charge in [-0.2, -0.15) is 0 Å². The van der Waals surface area contributed by atoms with E-state index in [1.807, 2.05) is 0 Å². The summed E-state index contributed by atoms with van der Waals surface area (Å²) in [5.41, 5.74) is 21.3. The lowest BCUT2D eigenvalue weighted by Gasteiger charge is -2.28. The van der Waals surface area contributed by atoms with Gasteiger partial charge in [0.1, 0.15) is 0 Å². The highest BCUT2D eigenvalue weighted by atomic mass is 15.2. The molecule has 0 saturated carbocycles. The summed E-state index contributed by atoms with van der Waals surface area (Å²) < 4.78 is 2.49. The van der Waals surface area contributed by atoms with Crippen molar-refractivity contribution in [2.45, 2.75) is 0 Å². The van der Waals surface area contributed by atoms with Crippen molar-refractivity contribution >= 4 is 28.0 Å². The molecule has 300 valence electrons. The van der Waals surface area contributed by atoms with Gasteiger partial charge in [-0.1, -0.05) is 188 Å². The summed E-state index contributed by atoms with van der Waals surface area (Å²) in [6.07, 6.45) is 0. The molecule has 0 radical (unpaired) electrons. The standard InChI is InChI=1S/C61H41N3/c1-5-20-42(21-6-1)47-36-48(43-22-7-2-8-23-43)39-51(38-47)63-57-33-16-13-30-52(57)60-53-31-14-17-34-58(53)64(61(60)54-32-15-18-35-59(54)63)50-29-19-28-46(37-50)49-40-55(44-24-9-3-10-25-44)62-56(41-49)45-26-11-4-12-27-45/h1-41H. The van der Waals surface area contributed by atoms with Crippen LogP contribution in [-0.4, -0.2) is 9.55 Å². The summed E-state index contributed by atoms with van der Waals surface area (Å²) in [7, 11) is 0. The van der Waals surface area contributed by atoms with Crippen LogP contribution in [0.4, 0.5) is 17.1 Å². The fourth-order valence-corrected chi connectivity index (χ4v) is 9.56. The number of hydrogen-bond acceptors (Lipinski definition) is 2. The third-order valence-electron chi connectivity index (χ3n) is 12.5. The lowest BCUT2D eigenvalue weighted by Crippen LogP contribution is -2.11. The second kappa shape index (κ2) is 15.7. The van der Waals surface area contributed by atoms with Crippen molar-refractivity contribution in [2.75, 3.05) is 4.90 Å². The minimum Gasteiger partial charge on any atom is -0.309 e. The van der Waals surface area contributed by atoms with Crippen LogP contribution < -0.4 is 4.90 Å². The topological polar surface area (TPSA) is 21.1 Å². The molecule has 12 rings (SSSR count). The van der Waals surface area contributed by atoms with E-state index in [-0.39, 0.29) is 0 Å². The van der Waals surface area contributed by atoms with E-state index in [1.54, 1.807) is 0 Å². The van der Waals surface area contributed by atoms with Gasteiger partial charge in [-0.05, 0) is 94.0 Å². The van der Waals surface area contributed by atoms with Crippen LogP contribution in [0.3, 0.4) is 0 Å². The first-order chi connectivity index (χ1) is 31.7. The summed E-state index contributed by atoms with van der Waals surface area (Å²) in [5, 5.41) is 1.21. The fourth-order valence-electron chi connectivity index (χ4n) is 9.56. The number of aromatic nitrogens is 2. The molecular weight excluding hydrogens is 775 g/mol. The highest BCUT2D eigenvalue weighted by molar-refractivity contribution is 6.13. The molecule has 2 aromatic heterocycles. The second-order valence-electron chi connectivity index (χ2n) is 16.4. The van der Waals surface area contributed by atoms with Gasteiger partial charge >= 0.3 is 0 Å². The minimum atomic E-state index is 0.944. The van der Waals surface area contributed by atoms with Gasteiger partial charge in [0.05, 0.1) is 34.0 Å². The molecule has 0 fully saturated rings. The quantitative estimate of drug-likeness (QED) is 0.160. The maximum atomic E-state index is 5.19. The molecule has 0 aliphatic carbocycles. The van der Waals surface area contributed by atoms with Gasteiger partial charge in [-0.25, -0.2) is 4.98 Å². The van der Waals surface area contributed by atoms with Crippen molar-refractivity contribution in [3.63, 3.8) is 0 Å². The van der Waals surface area contributed by atoms with E-state index in [9.17, 15) is 0 Å². The van der Waals surface area contributed by atoms with Crippen LogP contribution in [0.25, 0.3) is 94.9 Å². The van der Waals surface area contributed by atoms with Crippen LogP contribution >= 0.6 is 0 Å². The Labute approximate surface area is 373 Å². The Hall–Kier alpha value is -8.53. The van der Waals surface area contributed by atoms with Gasteiger partial charge in [0.15, 0.2) is 0 Å². The first kappa shape index (κ1) is 37.2. The number of fused-ring (bicyclic) bond motifs is 7. The van der Waals surface area contributed by atoms with Crippen LogP contribution in [0.15, 0.2) is 249 Å².